The Bertz CT molecular complexity index is 1020. The highest BCUT2D eigenvalue weighted by molar-refractivity contribution is 5.79. The maximum Gasteiger partial charge on any atom is 0.128 e. The number of likely N-dealkylation sites (N-methyl/N-ethyl adjacent to an activating group) is 1. The van der Waals surface area contributed by atoms with Gasteiger partial charge in [0.15, 0.2) is 0 Å². The van der Waals surface area contributed by atoms with Crippen molar-refractivity contribution >= 4 is 22.4 Å². The van der Waals surface area contributed by atoms with Crippen LogP contribution in [0, 0.1) is 0 Å². The summed E-state index contributed by atoms with van der Waals surface area (Å²) in [4.78, 5) is 6.36. The lowest BCUT2D eigenvalue weighted by atomic mass is 9.92. The summed E-state index contributed by atoms with van der Waals surface area (Å²) in [6.07, 6.45) is 8.12. The van der Waals surface area contributed by atoms with E-state index in [9.17, 15) is 0 Å². The molecule has 27 heavy (non-hydrogen) atoms. The SMILES string of the molecule is CC1=CC(c2ccc3[nH]ncc3c2)C=C(c2ccnc(N(C)CCO)c2)N1. The second-order valence-electron chi connectivity index (χ2n) is 6.85. The van der Waals surface area contributed by atoms with Crippen molar-refractivity contribution in [3.05, 3.63) is 71.7 Å². The topological polar surface area (TPSA) is 77.1 Å². The van der Waals surface area contributed by atoms with Crippen LogP contribution >= 0.6 is 0 Å². The monoisotopic (exact) mass is 361 g/mol. The van der Waals surface area contributed by atoms with Gasteiger partial charge in [0.2, 0.25) is 0 Å². The van der Waals surface area contributed by atoms with Crippen LogP contribution in [0.3, 0.4) is 0 Å². The summed E-state index contributed by atoms with van der Waals surface area (Å²) >= 11 is 0. The predicted molar refractivity (Wildman–Crippen MR) is 108 cm³/mol. The molecule has 0 aliphatic carbocycles. The fourth-order valence-corrected chi connectivity index (χ4v) is 3.38. The Morgan fingerprint density at radius 3 is 2.93 bits per heavy atom. The first-order valence-electron chi connectivity index (χ1n) is 9.03. The first kappa shape index (κ1) is 17.3. The van der Waals surface area contributed by atoms with E-state index in [2.05, 4.69) is 57.8 Å². The number of aliphatic hydroxyl groups excluding tert-OH is 1. The number of aromatic nitrogens is 3. The highest BCUT2D eigenvalue weighted by Crippen LogP contribution is 2.30. The summed E-state index contributed by atoms with van der Waals surface area (Å²) in [7, 11) is 1.93. The normalized spacial score (nSPS) is 16.6. The number of nitrogens with zero attached hydrogens (tertiary/aromatic N) is 3. The van der Waals surface area contributed by atoms with E-state index in [1.165, 1.54) is 5.56 Å². The van der Waals surface area contributed by atoms with Gasteiger partial charge in [0.05, 0.1) is 18.3 Å². The smallest absolute Gasteiger partial charge is 0.128 e. The molecule has 1 unspecified atom stereocenters. The van der Waals surface area contributed by atoms with Gasteiger partial charge in [0.25, 0.3) is 0 Å². The van der Waals surface area contributed by atoms with Gasteiger partial charge in [-0.2, -0.15) is 5.10 Å². The molecule has 6 heteroatoms. The molecule has 138 valence electrons. The van der Waals surface area contributed by atoms with Crippen LogP contribution in [0.1, 0.15) is 24.0 Å². The lowest BCUT2D eigenvalue weighted by Gasteiger charge is -2.23. The first-order valence-corrected chi connectivity index (χ1v) is 9.03. The summed E-state index contributed by atoms with van der Waals surface area (Å²) in [6.45, 7) is 2.73. The quantitative estimate of drug-likeness (QED) is 0.651. The summed E-state index contributed by atoms with van der Waals surface area (Å²) in [5, 5.41) is 20.9. The third-order valence-corrected chi connectivity index (χ3v) is 4.84. The molecular formula is C21H23N5O. The van der Waals surface area contributed by atoms with Gasteiger partial charge in [0.1, 0.15) is 5.82 Å². The molecule has 3 N–H and O–H groups in total. The number of nitrogens with one attached hydrogen (secondary N) is 2. The minimum Gasteiger partial charge on any atom is -0.395 e. The number of anilines is 1. The van der Waals surface area contributed by atoms with Crippen molar-refractivity contribution in [3.8, 4) is 0 Å². The average Bonchev–Trinajstić information content (AvgIpc) is 3.15. The van der Waals surface area contributed by atoms with E-state index in [0.717, 1.165) is 33.7 Å². The third-order valence-electron chi connectivity index (χ3n) is 4.84. The van der Waals surface area contributed by atoms with E-state index in [0.29, 0.717) is 6.54 Å². The zero-order valence-corrected chi connectivity index (χ0v) is 15.5. The van der Waals surface area contributed by atoms with Crippen molar-refractivity contribution in [1.82, 2.24) is 20.5 Å². The van der Waals surface area contributed by atoms with Crippen molar-refractivity contribution < 1.29 is 5.11 Å². The summed E-state index contributed by atoms with van der Waals surface area (Å²) in [6, 6.07) is 10.4. The molecular weight excluding hydrogens is 338 g/mol. The molecule has 0 spiro atoms. The number of allylic oxidation sites excluding steroid dienone is 3. The lowest BCUT2D eigenvalue weighted by Crippen LogP contribution is -2.22. The third kappa shape index (κ3) is 3.57. The largest absolute Gasteiger partial charge is 0.395 e. The Morgan fingerprint density at radius 2 is 2.07 bits per heavy atom. The number of aliphatic hydroxyl groups is 1. The number of fused-ring (bicyclic) bond motifs is 1. The Morgan fingerprint density at radius 1 is 1.19 bits per heavy atom. The molecule has 2 aromatic heterocycles. The van der Waals surface area contributed by atoms with Crippen LogP contribution in [0.5, 0.6) is 0 Å². The summed E-state index contributed by atoms with van der Waals surface area (Å²) in [5.41, 5.74) is 5.53. The van der Waals surface area contributed by atoms with Crippen molar-refractivity contribution in [2.24, 2.45) is 0 Å². The van der Waals surface area contributed by atoms with E-state index in [4.69, 9.17) is 5.11 Å². The Hall–Kier alpha value is -3.12. The maximum atomic E-state index is 9.16. The molecule has 0 fully saturated rings. The van der Waals surface area contributed by atoms with Gasteiger partial charge in [-0.3, -0.25) is 5.10 Å². The molecule has 0 saturated heterocycles. The van der Waals surface area contributed by atoms with Gasteiger partial charge in [-0.1, -0.05) is 12.1 Å². The number of aromatic amines is 1. The summed E-state index contributed by atoms with van der Waals surface area (Å²) in [5.74, 6) is 1.03. The van der Waals surface area contributed by atoms with Gasteiger partial charge in [-0.15, -0.1) is 0 Å². The van der Waals surface area contributed by atoms with Gasteiger partial charge in [-0.05, 0) is 42.8 Å². The minimum absolute atomic E-state index is 0.101. The second-order valence-corrected chi connectivity index (χ2v) is 6.85. The lowest BCUT2D eigenvalue weighted by molar-refractivity contribution is 0.304. The van der Waals surface area contributed by atoms with Crippen molar-refractivity contribution in [2.45, 2.75) is 12.8 Å². The molecule has 0 bridgehead atoms. The minimum atomic E-state index is 0.101. The van der Waals surface area contributed by atoms with Crippen LogP contribution in [0.25, 0.3) is 16.6 Å². The molecule has 1 aromatic carbocycles. The molecule has 0 saturated carbocycles. The number of H-pyrrole nitrogens is 1. The Balaban J connectivity index is 1.68. The van der Waals surface area contributed by atoms with Crippen LogP contribution in [0.2, 0.25) is 0 Å². The number of pyridine rings is 1. The Labute approximate surface area is 158 Å². The van der Waals surface area contributed by atoms with Gasteiger partial charge >= 0.3 is 0 Å². The molecule has 0 radical (unpaired) electrons. The van der Waals surface area contributed by atoms with Crippen LogP contribution in [0.15, 0.2) is 60.6 Å². The number of hydrogen-bond donors (Lipinski definition) is 3. The molecule has 6 nitrogen and oxygen atoms in total. The number of benzene rings is 1. The van der Waals surface area contributed by atoms with Crippen LogP contribution in [0.4, 0.5) is 5.82 Å². The number of hydrogen-bond acceptors (Lipinski definition) is 5. The van der Waals surface area contributed by atoms with Crippen molar-refractivity contribution in [3.63, 3.8) is 0 Å². The molecule has 4 rings (SSSR count). The molecule has 3 aromatic rings. The second kappa shape index (κ2) is 7.25. The van der Waals surface area contributed by atoms with Gasteiger partial charge < -0.3 is 15.3 Å². The zero-order valence-electron chi connectivity index (χ0n) is 15.5. The van der Waals surface area contributed by atoms with Gasteiger partial charge in [-0.25, -0.2) is 4.98 Å². The summed E-state index contributed by atoms with van der Waals surface area (Å²) < 4.78 is 0. The average molecular weight is 361 g/mol. The van der Waals surface area contributed by atoms with Crippen LogP contribution in [-0.2, 0) is 0 Å². The van der Waals surface area contributed by atoms with Crippen LogP contribution in [-0.4, -0.2) is 40.5 Å². The number of dihydropyridines is 1. The van der Waals surface area contributed by atoms with Crippen molar-refractivity contribution in [1.29, 1.82) is 0 Å². The number of rotatable bonds is 5. The molecule has 0 amide bonds. The van der Waals surface area contributed by atoms with E-state index in [1.54, 1.807) is 6.20 Å². The molecule has 1 aliphatic heterocycles. The zero-order chi connectivity index (χ0) is 18.8. The van der Waals surface area contributed by atoms with E-state index >= 15 is 0 Å². The van der Waals surface area contributed by atoms with Gasteiger partial charge in [0, 0.05) is 48.1 Å². The molecule has 1 aliphatic rings. The van der Waals surface area contributed by atoms with Crippen molar-refractivity contribution in [2.75, 3.05) is 25.1 Å². The van der Waals surface area contributed by atoms with E-state index in [1.807, 2.05) is 30.3 Å². The fraction of sp³-hybridized carbons (Fsp3) is 0.238. The first-order chi connectivity index (χ1) is 13.1. The predicted octanol–water partition coefficient (Wildman–Crippen LogP) is 3.02. The van der Waals surface area contributed by atoms with E-state index in [-0.39, 0.29) is 12.5 Å². The van der Waals surface area contributed by atoms with E-state index < -0.39 is 0 Å². The standard InChI is InChI=1S/C21H23N5O/c1-14-9-17(15-3-4-19-18(10-15)13-23-25-19)11-20(24-14)16-5-6-22-21(12-16)26(2)7-8-27/h3-6,9-13,17,24,27H,7-8H2,1-2H3,(H,23,25). The molecule has 1 atom stereocenters. The highest BCUT2D eigenvalue weighted by Gasteiger charge is 2.16. The fourth-order valence-electron chi connectivity index (χ4n) is 3.38. The maximum absolute atomic E-state index is 9.16. The Kier molecular flexibility index (Phi) is 4.64. The molecule has 3 heterocycles. The van der Waals surface area contributed by atoms with Crippen LogP contribution < -0.4 is 10.2 Å². The highest BCUT2D eigenvalue weighted by atomic mass is 16.3.